The van der Waals surface area contributed by atoms with Gasteiger partial charge in [0.2, 0.25) is 0 Å². The highest BCUT2D eigenvalue weighted by atomic mass is 32.1. The van der Waals surface area contributed by atoms with Crippen molar-refractivity contribution in [1.82, 2.24) is 20.4 Å². The normalized spacial score (nSPS) is 13.6. The van der Waals surface area contributed by atoms with E-state index in [0.29, 0.717) is 27.2 Å². The maximum absolute atomic E-state index is 13.0. The number of nitrogens with one attached hydrogen (secondary N) is 2. The number of para-hydroxylation sites is 1. The average molecular weight is 412 g/mol. The second-order valence-corrected chi connectivity index (χ2v) is 7.96. The Kier molecular flexibility index (Phi) is 5.06. The maximum atomic E-state index is 13.0. The summed E-state index contributed by atoms with van der Waals surface area (Å²) in [4.78, 5) is 43.3. The first-order valence-electron chi connectivity index (χ1n) is 9.39. The fraction of sp³-hybridized carbons (Fsp3) is 0.300. The number of carbonyl (C=O) groups is 2. The van der Waals surface area contributed by atoms with Crippen LogP contribution in [0, 0.1) is 6.92 Å². The summed E-state index contributed by atoms with van der Waals surface area (Å²) in [6, 6.07) is 6.03. The zero-order valence-corrected chi connectivity index (χ0v) is 16.6. The second kappa shape index (κ2) is 7.67. The number of nitrogens with zero attached hydrogens (tertiary/aromatic N) is 2. The number of rotatable bonds is 2. The summed E-state index contributed by atoms with van der Waals surface area (Å²) in [5, 5.41) is 10.2. The number of fused-ring (bicyclic) bond motifs is 2. The highest BCUT2D eigenvalue weighted by Crippen LogP contribution is 2.28. The largest absolute Gasteiger partial charge is 0.507 e. The number of amides is 2. The summed E-state index contributed by atoms with van der Waals surface area (Å²) in [5.41, 5.74) is 5.13. The molecular weight excluding hydrogens is 392 g/mol. The number of benzene rings is 1. The van der Waals surface area contributed by atoms with E-state index in [4.69, 9.17) is 0 Å². The van der Waals surface area contributed by atoms with Crippen molar-refractivity contribution >= 4 is 33.4 Å². The Morgan fingerprint density at radius 1 is 1.14 bits per heavy atom. The van der Waals surface area contributed by atoms with Gasteiger partial charge in [0.1, 0.15) is 16.4 Å². The molecule has 150 valence electrons. The predicted octanol–water partition coefficient (Wildman–Crippen LogP) is 2.27. The molecule has 1 aliphatic rings. The third-order valence-corrected chi connectivity index (χ3v) is 6.24. The highest BCUT2D eigenvalue weighted by Gasteiger charge is 2.22. The maximum Gasteiger partial charge on any atom is 0.280 e. The molecule has 0 atom stereocenters. The summed E-state index contributed by atoms with van der Waals surface area (Å²) in [7, 11) is 0. The van der Waals surface area contributed by atoms with E-state index in [2.05, 4.69) is 15.8 Å². The van der Waals surface area contributed by atoms with Crippen molar-refractivity contribution in [2.24, 2.45) is 0 Å². The fourth-order valence-electron chi connectivity index (χ4n) is 3.53. The molecule has 0 saturated carbocycles. The van der Waals surface area contributed by atoms with Crippen LogP contribution in [-0.2, 0) is 13.0 Å². The summed E-state index contributed by atoms with van der Waals surface area (Å²) < 4.78 is 1.72. The van der Waals surface area contributed by atoms with Crippen molar-refractivity contribution in [1.29, 1.82) is 0 Å². The Hall–Kier alpha value is -3.20. The van der Waals surface area contributed by atoms with Gasteiger partial charge in [-0.1, -0.05) is 18.6 Å². The van der Waals surface area contributed by atoms with Gasteiger partial charge >= 0.3 is 0 Å². The van der Waals surface area contributed by atoms with Gasteiger partial charge in [0.25, 0.3) is 17.4 Å². The minimum atomic E-state index is -0.639. The molecule has 4 rings (SSSR count). The van der Waals surface area contributed by atoms with E-state index >= 15 is 0 Å². The number of phenols is 1. The molecule has 0 aliphatic carbocycles. The number of aryl methyl sites for hydroxylation is 2. The van der Waals surface area contributed by atoms with E-state index in [9.17, 15) is 19.5 Å². The number of aromatic hydroxyl groups is 1. The number of aromatic nitrogens is 2. The Morgan fingerprint density at radius 2 is 1.90 bits per heavy atom. The van der Waals surface area contributed by atoms with Crippen LogP contribution < -0.4 is 16.4 Å². The van der Waals surface area contributed by atoms with Crippen LogP contribution in [0.1, 0.15) is 50.7 Å². The van der Waals surface area contributed by atoms with Crippen molar-refractivity contribution < 1.29 is 14.7 Å². The van der Waals surface area contributed by atoms with Gasteiger partial charge in [0.15, 0.2) is 0 Å². The molecule has 1 aromatic carbocycles. The van der Waals surface area contributed by atoms with Crippen LogP contribution in [0.25, 0.3) is 10.2 Å². The van der Waals surface area contributed by atoms with Gasteiger partial charge in [-0.3, -0.25) is 29.8 Å². The molecular formula is C20H20N4O4S. The highest BCUT2D eigenvalue weighted by molar-refractivity contribution is 7.20. The summed E-state index contributed by atoms with van der Waals surface area (Å²) >= 11 is 1.14. The van der Waals surface area contributed by atoms with E-state index in [0.717, 1.165) is 42.8 Å². The summed E-state index contributed by atoms with van der Waals surface area (Å²) in [6.45, 7) is 2.36. The minimum Gasteiger partial charge on any atom is -0.507 e. The zero-order valence-electron chi connectivity index (χ0n) is 15.8. The lowest BCUT2D eigenvalue weighted by atomic mass is 10.2. The third kappa shape index (κ3) is 3.49. The van der Waals surface area contributed by atoms with Crippen molar-refractivity contribution in [2.45, 2.75) is 39.2 Å². The molecule has 29 heavy (non-hydrogen) atoms. The molecule has 3 heterocycles. The molecule has 1 aliphatic heterocycles. The lowest BCUT2D eigenvalue weighted by Crippen LogP contribution is -2.41. The predicted molar refractivity (Wildman–Crippen MR) is 109 cm³/mol. The third-order valence-electron chi connectivity index (χ3n) is 5.06. The van der Waals surface area contributed by atoms with Gasteiger partial charge < -0.3 is 5.11 Å². The van der Waals surface area contributed by atoms with E-state index in [1.165, 1.54) is 12.1 Å². The van der Waals surface area contributed by atoms with Crippen LogP contribution in [0.3, 0.4) is 0 Å². The van der Waals surface area contributed by atoms with E-state index in [1.54, 1.807) is 23.6 Å². The first kappa shape index (κ1) is 19.1. The molecule has 0 fully saturated rings. The molecule has 0 bridgehead atoms. The lowest BCUT2D eigenvalue weighted by molar-refractivity contribution is 0.0847. The Labute approximate surface area is 170 Å². The Bertz CT molecular complexity index is 1180. The van der Waals surface area contributed by atoms with Crippen LogP contribution >= 0.6 is 11.3 Å². The van der Waals surface area contributed by atoms with Crippen LogP contribution in [0.4, 0.5) is 0 Å². The van der Waals surface area contributed by atoms with Gasteiger partial charge in [-0.2, -0.15) is 0 Å². The molecule has 0 spiro atoms. The second-order valence-electron chi connectivity index (χ2n) is 6.96. The van der Waals surface area contributed by atoms with Crippen molar-refractivity contribution in [3.05, 3.63) is 56.4 Å². The molecule has 2 amide bonds. The number of phenolic OH excluding ortho intramolecular Hbond substituents is 1. The van der Waals surface area contributed by atoms with Crippen LogP contribution in [0.15, 0.2) is 29.1 Å². The quantitative estimate of drug-likeness (QED) is 0.559. The van der Waals surface area contributed by atoms with E-state index < -0.39 is 11.8 Å². The molecule has 2 aromatic heterocycles. The standard InChI is InChI=1S/C20H20N4O4S/c1-11-15-19(21-14-9-3-2-6-10-24(14)20(15)28)29-16(11)18(27)23-22-17(26)12-7-4-5-8-13(12)25/h4-5,7-8,25H,2-3,6,9-10H2,1H3,(H,22,26)(H,23,27). The van der Waals surface area contributed by atoms with Gasteiger partial charge in [0.05, 0.1) is 15.8 Å². The molecule has 8 nitrogen and oxygen atoms in total. The van der Waals surface area contributed by atoms with E-state index in [1.807, 2.05) is 0 Å². The molecule has 0 saturated heterocycles. The topological polar surface area (TPSA) is 113 Å². The molecule has 9 heteroatoms. The molecule has 3 N–H and O–H groups in total. The van der Waals surface area contributed by atoms with Crippen LogP contribution in [-0.4, -0.2) is 26.5 Å². The summed E-state index contributed by atoms with van der Waals surface area (Å²) in [5.74, 6) is -0.592. The summed E-state index contributed by atoms with van der Waals surface area (Å²) in [6.07, 6.45) is 3.75. The van der Waals surface area contributed by atoms with Crippen molar-refractivity contribution in [3.63, 3.8) is 0 Å². The van der Waals surface area contributed by atoms with Crippen LogP contribution in [0.5, 0.6) is 5.75 Å². The van der Waals surface area contributed by atoms with Crippen molar-refractivity contribution in [2.75, 3.05) is 0 Å². The smallest absolute Gasteiger partial charge is 0.280 e. The van der Waals surface area contributed by atoms with Gasteiger partial charge in [0, 0.05) is 13.0 Å². The number of carbonyl (C=O) groups excluding carboxylic acids is 2. The van der Waals surface area contributed by atoms with Crippen LogP contribution in [0.2, 0.25) is 0 Å². The number of hydrogen-bond donors (Lipinski definition) is 3. The number of hydrogen-bond acceptors (Lipinski definition) is 6. The lowest BCUT2D eigenvalue weighted by Gasteiger charge is -2.08. The molecule has 3 aromatic rings. The number of thiophene rings is 1. The Morgan fingerprint density at radius 3 is 2.69 bits per heavy atom. The van der Waals surface area contributed by atoms with Crippen molar-refractivity contribution in [3.8, 4) is 5.75 Å². The number of hydrazine groups is 1. The zero-order chi connectivity index (χ0) is 20.5. The van der Waals surface area contributed by atoms with Gasteiger partial charge in [-0.05, 0) is 37.5 Å². The molecule has 0 radical (unpaired) electrons. The first-order chi connectivity index (χ1) is 14.0. The van der Waals surface area contributed by atoms with Gasteiger partial charge in [-0.25, -0.2) is 4.98 Å². The SMILES string of the molecule is Cc1c(C(=O)NNC(=O)c2ccccc2O)sc2nc3n(c(=O)c12)CCCCC3. The first-order valence-corrected chi connectivity index (χ1v) is 10.2. The fourth-order valence-corrected chi connectivity index (χ4v) is 4.62. The monoisotopic (exact) mass is 412 g/mol. The minimum absolute atomic E-state index is 0.0458. The average Bonchev–Trinajstić information content (AvgIpc) is 2.88. The Balaban J connectivity index is 1.61. The van der Waals surface area contributed by atoms with Gasteiger partial charge in [-0.15, -0.1) is 11.3 Å². The molecule has 0 unspecified atom stereocenters. The van der Waals surface area contributed by atoms with E-state index in [-0.39, 0.29) is 16.9 Å².